The van der Waals surface area contributed by atoms with Gasteiger partial charge in [0, 0.05) is 41.8 Å². The number of benzene rings is 3. The van der Waals surface area contributed by atoms with Crippen LogP contribution in [0.3, 0.4) is 0 Å². The lowest BCUT2D eigenvalue weighted by Crippen LogP contribution is -2.48. The number of thiazole rings is 1. The molecule has 0 bridgehead atoms. The lowest BCUT2D eigenvalue weighted by atomic mass is 10.00. The molecule has 3 N–H and O–H groups in total. The van der Waals surface area contributed by atoms with Gasteiger partial charge in [0.1, 0.15) is 10.8 Å². The zero-order valence-corrected chi connectivity index (χ0v) is 26.0. The molecule has 0 radical (unpaired) electrons. The number of rotatable bonds is 12. The number of alkyl halides is 3. The van der Waals surface area contributed by atoms with Gasteiger partial charge in [0.25, 0.3) is 11.8 Å². The summed E-state index contributed by atoms with van der Waals surface area (Å²) in [5.74, 6) is -0.944. The Kier molecular flexibility index (Phi) is 10.7. The molecule has 3 atom stereocenters. The van der Waals surface area contributed by atoms with Gasteiger partial charge >= 0.3 is 6.36 Å². The number of likely N-dealkylation sites (tertiary alicyclic amines) is 1. The molecule has 12 heteroatoms. The number of ether oxygens (including phenoxy) is 1. The van der Waals surface area contributed by atoms with E-state index in [4.69, 9.17) is 0 Å². The number of nitrogens with one attached hydrogen (secondary N) is 2. The Morgan fingerprint density at radius 3 is 2.52 bits per heavy atom. The maximum atomic E-state index is 13.6. The van der Waals surface area contributed by atoms with E-state index in [0.29, 0.717) is 24.1 Å². The van der Waals surface area contributed by atoms with Crippen molar-refractivity contribution in [3.8, 4) is 5.75 Å². The van der Waals surface area contributed by atoms with Crippen molar-refractivity contribution < 1.29 is 32.6 Å². The summed E-state index contributed by atoms with van der Waals surface area (Å²) < 4.78 is 41.8. The number of hydrogen-bond acceptors (Lipinski definition) is 7. The van der Waals surface area contributed by atoms with Gasteiger partial charge in [-0.1, -0.05) is 48.5 Å². The van der Waals surface area contributed by atoms with Crippen molar-refractivity contribution in [3.63, 3.8) is 0 Å². The molecule has 0 spiro atoms. The highest BCUT2D eigenvalue weighted by Gasteiger charge is 2.33. The summed E-state index contributed by atoms with van der Waals surface area (Å²) in [6, 6.07) is 20.7. The monoisotopic (exact) mass is 652 g/mol. The molecule has 1 aliphatic heterocycles. The summed E-state index contributed by atoms with van der Waals surface area (Å²) in [4.78, 5) is 33.5. The van der Waals surface area contributed by atoms with Crippen molar-refractivity contribution in [1.29, 1.82) is 0 Å². The molecule has 1 saturated heterocycles. The third-order valence-corrected chi connectivity index (χ3v) is 8.77. The highest BCUT2D eigenvalue weighted by molar-refractivity contribution is 7.09. The fourth-order valence-corrected chi connectivity index (χ4v) is 6.46. The van der Waals surface area contributed by atoms with Gasteiger partial charge in [-0.15, -0.1) is 24.5 Å². The lowest BCUT2D eigenvalue weighted by Gasteiger charge is -2.25. The molecule has 46 heavy (non-hydrogen) atoms. The molecule has 4 aromatic rings. The predicted molar refractivity (Wildman–Crippen MR) is 169 cm³/mol. The van der Waals surface area contributed by atoms with Gasteiger partial charge in [0.2, 0.25) is 0 Å². The van der Waals surface area contributed by atoms with Crippen LogP contribution in [-0.2, 0) is 13.0 Å². The molecule has 1 aliphatic rings. The molecular formula is C34H35F3N4O4S. The maximum Gasteiger partial charge on any atom is 0.573 e. The average Bonchev–Trinajstić information content (AvgIpc) is 3.69. The van der Waals surface area contributed by atoms with E-state index in [1.165, 1.54) is 18.2 Å². The second kappa shape index (κ2) is 14.9. The van der Waals surface area contributed by atoms with Crippen molar-refractivity contribution >= 4 is 23.2 Å². The van der Waals surface area contributed by atoms with Gasteiger partial charge in [-0.25, -0.2) is 4.98 Å². The van der Waals surface area contributed by atoms with Crippen LogP contribution in [0.1, 0.15) is 61.4 Å². The molecule has 2 heterocycles. The van der Waals surface area contributed by atoms with Gasteiger partial charge in [0.15, 0.2) is 0 Å². The van der Waals surface area contributed by atoms with Crippen LogP contribution in [0.4, 0.5) is 13.2 Å². The lowest BCUT2D eigenvalue weighted by molar-refractivity contribution is -0.274. The number of aryl methyl sites for hydroxylation is 1. The van der Waals surface area contributed by atoms with E-state index in [2.05, 4.69) is 20.4 Å². The Morgan fingerprint density at radius 1 is 1.04 bits per heavy atom. The number of hydrogen-bond donors (Lipinski definition) is 3. The van der Waals surface area contributed by atoms with Gasteiger partial charge in [-0.3, -0.25) is 9.59 Å². The van der Waals surface area contributed by atoms with Crippen molar-refractivity contribution in [2.24, 2.45) is 0 Å². The van der Waals surface area contributed by atoms with Crippen LogP contribution in [0.15, 0.2) is 84.2 Å². The number of amides is 2. The molecule has 5 rings (SSSR count). The summed E-state index contributed by atoms with van der Waals surface area (Å²) in [5, 5.41) is 20.0. The first-order chi connectivity index (χ1) is 22.1. The summed E-state index contributed by atoms with van der Waals surface area (Å²) in [6.45, 7) is 2.75. The second-order valence-electron chi connectivity index (χ2n) is 11.2. The van der Waals surface area contributed by atoms with E-state index in [1.54, 1.807) is 41.7 Å². The molecule has 1 aromatic heterocycles. The third-order valence-electron chi connectivity index (χ3n) is 7.70. The number of carbonyl (C=O) groups excluding carboxylic acids is 2. The van der Waals surface area contributed by atoms with Crippen molar-refractivity contribution in [1.82, 2.24) is 20.5 Å². The van der Waals surface area contributed by atoms with Crippen LogP contribution >= 0.6 is 11.3 Å². The normalized spacial score (nSPS) is 16.2. The Labute approximate surface area is 269 Å². The van der Waals surface area contributed by atoms with Gasteiger partial charge in [-0.2, -0.15) is 0 Å². The van der Waals surface area contributed by atoms with Gasteiger partial charge in [-0.05, 0) is 67.6 Å². The highest BCUT2D eigenvalue weighted by Crippen LogP contribution is 2.35. The van der Waals surface area contributed by atoms with Crippen molar-refractivity contribution in [2.45, 2.75) is 57.3 Å². The van der Waals surface area contributed by atoms with Crippen molar-refractivity contribution in [2.75, 3.05) is 13.1 Å². The second-order valence-corrected chi connectivity index (χ2v) is 12.1. The Hall–Kier alpha value is -4.26. The Balaban J connectivity index is 1.25. The van der Waals surface area contributed by atoms with E-state index in [9.17, 15) is 27.9 Å². The van der Waals surface area contributed by atoms with Gasteiger partial charge < -0.3 is 25.4 Å². The molecule has 0 unspecified atom stereocenters. The van der Waals surface area contributed by atoms with E-state index in [1.807, 2.05) is 47.5 Å². The van der Waals surface area contributed by atoms with Crippen LogP contribution in [0.25, 0.3) is 0 Å². The summed E-state index contributed by atoms with van der Waals surface area (Å²) in [5.41, 5.74) is 3.03. The van der Waals surface area contributed by atoms with Crippen LogP contribution in [0, 0.1) is 6.92 Å². The topological polar surface area (TPSA) is 104 Å². The van der Waals surface area contributed by atoms with Crippen LogP contribution in [0.2, 0.25) is 0 Å². The number of halogens is 3. The number of nitrogens with zero attached hydrogens (tertiary/aromatic N) is 2. The highest BCUT2D eigenvalue weighted by atomic mass is 32.1. The molecule has 3 aromatic carbocycles. The zero-order valence-electron chi connectivity index (χ0n) is 25.2. The zero-order chi connectivity index (χ0) is 32.7. The molecule has 1 fully saturated rings. The molecule has 2 amide bonds. The molecule has 0 aliphatic carbocycles. The predicted octanol–water partition coefficient (Wildman–Crippen LogP) is 5.82. The first-order valence-electron chi connectivity index (χ1n) is 15.0. The summed E-state index contributed by atoms with van der Waals surface area (Å²) in [7, 11) is 0. The SMILES string of the molecule is Cc1csc([C@H]2CCCN2C(=O)c2cccc(C(=O)N[C@@H](Cc3ccccc3)[C@H](O)CNCc3cccc(OC(F)(F)F)c3)c2)n1. The number of carbonyl (C=O) groups is 2. The van der Waals surface area contributed by atoms with Crippen LogP contribution in [0.5, 0.6) is 5.75 Å². The van der Waals surface area contributed by atoms with E-state index in [-0.39, 0.29) is 36.4 Å². The maximum absolute atomic E-state index is 13.6. The fourth-order valence-electron chi connectivity index (χ4n) is 5.51. The van der Waals surface area contributed by atoms with E-state index < -0.39 is 24.4 Å². The Morgan fingerprint density at radius 2 is 1.78 bits per heavy atom. The first kappa shape index (κ1) is 33.1. The summed E-state index contributed by atoms with van der Waals surface area (Å²) >= 11 is 1.54. The molecule has 8 nitrogen and oxygen atoms in total. The van der Waals surface area contributed by atoms with Crippen molar-refractivity contribution in [3.05, 3.63) is 117 Å². The minimum atomic E-state index is -4.80. The largest absolute Gasteiger partial charge is 0.573 e. The van der Waals surface area contributed by atoms with E-state index in [0.717, 1.165) is 29.1 Å². The Bertz CT molecular complexity index is 1630. The van der Waals surface area contributed by atoms with Crippen LogP contribution < -0.4 is 15.4 Å². The summed E-state index contributed by atoms with van der Waals surface area (Å²) in [6.07, 6.45) is -3.81. The van der Waals surface area contributed by atoms with Gasteiger partial charge in [0.05, 0.1) is 18.2 Å². The van der Waals surface area contributed by atoms with Crippen LogP contribution in [-0.4, -0.2) is 58.4 Å². The molecular weight excluding hydrogens is 617 g/mol. The fraction of sp³-hybridized carbons (Fsp3) is 0.324. The standard InChI is InChI=1S/C34H35F3N4O4S/c1-22-21-46-32(39-22)29-14-7-15-41(29)33(44)26-12-6-11-25(18-26)31(43)40-28(17-23-8-3-2-4-9-23)30(42)20-38-19-24-10-5-13-27(16-24)45-34(35,36)37/h2-6,8-13,16,18,21,28-30,38,42H,7,14-15,17,19-20H2,1H3,(H,40,43)/t28-,29+,30+/m0/s1. The smallest absolute Gasteiger partial charge is 0.406 e. The minimum absolute atomic E-state index is 0.0488. The third kappa shape index (κ3) is 8.93. The van der Waals surface area contributed by atoms with E-state index >= 15 is 0 Å². The molecule has 242 valence electrons. The number of aliphatic hydroxyl groups is 1. The first-order valence-corrected chi connectivity index (χ1v) is 15.8. The average molecular weight is 653 g/mol. The minimum Gasteiger partial charge on any atom is -0.406 e. The molecule has 0 saturated carbocycles. The quantitative estimate of drug-likeness (QED) is 0.178. The number of aromatic nitrogens is 1. The number of aliphatic hydroxyl groups excluding tert-OH is 1.